The first-order chi connectivity index (χ1) is 13.7. The summed E-state index contributed by atoms with van der Waals surface area (Å²) < 4.78 is 22.7. The van der Waals surface area contributed by atoms with E-state index in [4.69, 9.17) is 18.6 Å². The second-order valence-corrected chi connectivity index (χ2v) is 6.35. The first-order valence-corrected chi connectivity index (χ1v) is 8.73. The Labute approximate surface area is 161 Å². The Kier molecular flexibility index (Phi) is 3.83. The van der Waals surface area contributed by atoms with Crippen LogP contribution in [-0.4, -0.2) is 26.2 Å². The van der Waals surface area contributed by atoms with Gasteiger partial charge < -0.3 is 18.6 Å². The van der Waals surface area contributed by atoms with Gasteiger partial charge in [-0.3, -0.25) is 0 Å². The maximum atomic E-state index is 12.5. The fraction of sp³-hybridized carbons (Fsp3) is 0. The number of rotatable bonds is 2. The molecule has 0 radical (unpaired) electrons. The molecule has 0 saturated carbocycles. The van der Waals surface area contributed by atoms with Gasteiger partial charge in [-0.25, -0.2) is 9.59 Å². The smallest absolute Gasteiger partial charge is 0.519 e. The largest absolute Gasteiger partial charge is 0.634 e. The Morgan fingerprint density at radius 1 is 0.500 bits per heavy atom. The quantitative estimate of drug-likeness (QED) is 0.638. The molecule has 5 rings (SSSR count). The summed E-state index contributed by atoms with van der Waals surface area (Å²) >= 11 is 0. The molecule has 0 fully saturated rings. The van der Waals surface area contributed by atoms with Crippen molar-refractivity contribution in [3.63, 3.8) is 0 Å². The lowest BCUT2D eigenvalue weighted by molar-refractivity contribution is 0.0656. The van der Waals surface area contributed by atoms with E-state index in [1.54, 1.807) is 24.3 Å². The average Bonchev–Trinajstić information content (AvgIpc) is 2.75. The van der Waals surface area contributed by atoms with Crippen molar-refractivity contribution in [3.05, 3.63) is 83.9 Å². The van der Waals surface area contributed by atoms with Crippen molar-refractivity contribution >= 4 is 37.1 Å². The van der Waals surface area contributed by atoms with Crippen molar-refractivity contribution < 1.29 is 28.2 Å². The van der Waals surface area contributed by atoms with Gasteiger partial charge >= 0.3 is 26.2 Å². The molecule has 28 heavy (non-hydrogen) atoms. The van der Waals surface area contributed by atoms with E-state index in [0.717, 1.165) is 0 Å². The van der Waals surface area contributed by atoms with Gasteiger partial charge in [0.25, 0.3) is 0 Å². The molecule has 3 aromatic carbocycles. The van der Waals surface area contributed by atoms with Gasteiger partial charge in [0.15, 0.2) is 11.5 Å². The molecule has 0 N–H and O–H groups in total. The van der Waals surface area contributed by atoms with Crippen LogP contribution in [-0.2, 0) is 9.31 Å². The summed E-state index contributed by atoms with van der Waals surface area (Å²) in [6.07, 6.45) is 0. The van der Waals surface area contributed by atoms with E-state index in [1.807, 2.05) is 36.4 Å². The molecule has 8 heteroatoms. The predicted molar refractivity (Wildman–Crippen MR) is 102 cm³/mol. The van der Waals surface area contributed by atoms with Gasteiger partial charge in [-0.1, -0.05) is 60.7 Å². The topological polar surface area (TPSA) is 71.1 Å². The zero-order valence-corrected chi connectivity index (χ0v) is 14.5. The highest BCUT2D eigenvalue weighted by molar-refractivity contribution is 6.65. The fourth-order valence-electron chi connectivity index (χ4n) is 3.19. The molecule has 0 aliphatic carbocycles. The maximum absolute atomic E-state index is 12.5. The van der Waals surface area contributed by atoms with Gasteiger partial charge in [0.05, 0.1) is 0 Å². The SMILES string of the molecule is O=C1OB(c2ccccc2)Oc2c1ccc1c2OB(c2ccccc2)OC1=O. The third-order valence-corrected chi connectivity index (χ3v) is 4.57. The van der Waals surface area contributed by atoms with Crippen molar-refractivity contribution in [1.82, 2.24) is 0 Å². The van der Waals surface area contributed by atoms with Crippen LogP contribution >= 0.6 is 0 Å². The number of carbonyl (C=O) groups excluding carboxylic acids is 2. The van der Waals surface area contributed by atoms with Crippen LogP contribution in [0.15, 0.2) is 72.8 Å². The molecule has 2 heterocycles. The summed E-state index contributed by atoms with van der Waals surface area (Å²) in [6, 6.07) is 21.1. The molecule has 134 valence electrons. The summed E-state index contributed by atoms with van der Waals surface area (Å²) in [5.41, 5.74) is 1.76. The molecule has 2 aliphatic rings. The highest BCUT2D eigenvalue weighted by Gasteiger charge is 2.43. The van der Waals surface area contributed by atoms with Gasteiger partial charge in [0, 0.05) is 10.9 Å². The first-order valence-electron chi connectivity index (χ1n) is 8.73. The van der Waals surface area contributed by atoms with Gasteiger partial charge in [-0.2, -0.15) is 0 Å². The van der Waals surface area contributed by atoms with Crippen LogP contribution in [0.2, 0.25) is 0 Å². The highest BCUT2D eigenvalue weighted by atomic mass is 16.7. The zero-order chi connectivity index (χ0) is 19.1. The molecule has 6 nitrogen and oxygen atoms in total. The Balaban J connectivity index is 1.57. The van der Waals surface area contributed by atoms with Crippen molar-refractivity contribution in [3.8, 4) is 11.5 Å². The van der Waals surface area contributed by atoms with E-state index < -0.39 is 26.2 Å². The first kappa shape index (κ1) is 16.5. The van der Waals surface area contributed by atoms with Crippen LogP contribution in [0.1, 0.15) is 20.7 Å². The number of hydrogen-bond acceptors (Lipinski definition) is 6. The van der Waals surface area contributed by atoms with Crippen molar-refractivity contribution in [2.75, 3.05) is 0 Å². The van der Waals surface area contributed by atoms with E-state index in [0.29, 0.717) is 10.9 Å². The molecule has 0 saturated heterocycles. The van der Waals surface area contributed by atoms with E-state index >= 15 is 0 Å². The summed E-state index contributed by atoms with van der Waals surface area (Å²) in [5, 5.41) is 0. The standard InChI is InChI=1S/C20H12B2O6/c23-19-15-11-12-16-18(17(15)25-21(27-19)13-7-3-1-4-8-13)26-22(28-20(16)24)14-9-5-2-6-10-14/h1-12H. The van der Waals surface area contributed by atoms with Gasteiger partial charge in [0.2, 0.25) is 0 Å². The Hall–Kier alpha value is -3.67. The third kappa shape index (κ3) is 2.70. The normalized spacial score (nSPS) is 14.9. The predicted octanol–water partition coefficient (Wildman–Crippen LogP) is 1.58. The van der Waals surface area contributed by atoms with Gasteiger partial charge in [-0.15, -0.1) is 0 Å². The fourth-order valence-corrected chi connectivity index (χ4v) is 3.19. The lowest BCUT2D eigenvalue weighted by Crippen LogP contribution is -2.47. The number of benzene rings is 3. The number of hydrogen-bond donors (Lipinski definition) is 0. The second kappa shape index (κ2) is 6.49. The van der Waals surface area contributed by atoms with Crippen LogP contribution in [0, 0.1) is 0 Å². The highest BCUT2D eigenvalue weighted by Crippen LogP contribution is 2.40. The Morgan fingerprint density at radius 3 is 1.29 bits per heavy atom. The Morgan fingerprint density at radius 2 is 0.893 bits per heavy atom. The lowest BCUT2D eigenvalue weighted by Gasteiger charge is -2.29. The van der Waals surface area contributed by atoms with Crippen molar-refractivity contribution in [2.45, 2.75) is 0 Å². The molecule has 3 aromatic rings. The molecule has 2 aliphatic heterocycles. The summed E-state index contributed by atoms with van der Waals surface area (Å²) in [7, 11) is -1.85. The van der Waals surface area contributed by atoms with Crippen LogP contribution in [0.4, 0.5) is 0 Å². The monoisotopic (exact) mass is 370 g/mol. The van der Waals surface area contributed by atoms with Gasteiger partial charge in [0.1, 0.15) is 11.1 Å². The van der Waals surface area contributed by atoms with Crippen LogP contribution < -0.4 is 20.2 Å². The summed E-state index contributed by atoms with van der Waals surface area (Å²) in [4.78, 5) is 25.0. The molecular formula is C20H12B2O6. The van der Waals surface area contributed by atoms with Crippen LogP contribution in [0.25, 0.3) is 0 Å². The van der Waals surface area contributed by atoms with Crippen LogP contribution in [0.5, 0.6) is 11.5 Å². The molecular weight excluding hydrogens is 358 g/mol. The zero-order valence-electron chi connectivity index (χ0n) is 14.5. The minimum atomic E-state index is -0.926. The van der Waals surface area contributed by atoms with E-state index in [9.17, 15) is 9.59 Å². The summed E-state index contributed by atoms with van der Waals surface area (Å²) in [6.45, 7) is 0. The second-order valence-electron chi connectivity index (χ2n) is 6.35. The minimum Gasteiger partial charge on any atom is -0.519 e. The van der Waals surface area contributed by atoms with E-state index in [2.05, 4.69) is 0 Å². The molecule has 0 spiro atoms. The maximum Gasteiger partial charge on any atom is 0.634 e. The molecule has 0 unspecified atom stereocenters. The molecule has 0 atom stereocenters. The molecule has 0 bridgehead atoms. The Bertz CT molecular complexity index is 984. The van der Waals surface area contributed by atoms with Crippen molar-refractivity contribution in [1.29, 1.82) is 0 Å². The number of fused-ring (bicyclic) bond motifs is 3. The van der Waals surface area contributed by atoms with E-state index in [-0.39, 0.29) is 22.6 Å². The molecule has 0 aromatic heterocycles. The number of carbonyl (C=O) groups is 2. The van der Waals surface area contributed by atoms with Gasteiger partial charge in [-0.05, 0) is 12.1 Å². The third-order valence-electron chi connectivity index (χ3n) is 4.57. The molecule has 0 amide bonds. The average molecular weight is 370 g/mol. The summed E-state index contributed by atoms with van der Waals surface area (Å²) in [5.74, 6) is -0.728. The van der Waals surface area contributed by atoms with Crippen molar-refractivity contribution in [2.24, 2.45) is 0 Å². The minimum absolute atomic E-state index is 0.181. The van der Waals surface area contributed by atoms with E-state index in [1.165, 1.54) is 12.1 Å². The lowest BCUT2D eigenvalue weighted by atomic mass is 9.76. The van der Waals surface area contributed by atoms with Crippen LogP contribution in [0.3, 0.4) is 0 Å².